The van der Waals surface area contributed by atoms with Gasteiger partial charge in [-0.25, -0.2) is 9.59 Å². The monoisotopic (exact) mass is 448 g/mol. The molecule has 6 nitrogen and oxygen atoms in total. The molecule has 0 fully saturated rings. The first-order valence-electron chi connectivity index (χ1n) is 8.01. The van der Waals surface area contributed by atoms with E-state index < -0.39 is 63.1 Å². The summed E-state index contributed by atoms with van der Waals surface area (Å²) in [7, 11) is 0. The van der Waals surface area contributed by atoms with Gasteiger partial charge in [0.05, 0.1) is 11.1 Å². The number of hydrogen-bond donors (Lipinski definition) is 2. The van der Waals surface area contributed by atoms with Crippen LogP contribution < -0.4 is 0 Å². The van der Waals surface area contributed by atoms with Crippen LogP contribution in [0.5, 0.6) is 0 Å². The van der Waals surface area contributed by atoms with Crippen LogP contribution in [0.1, 0.15) is 52.6 Å². The molecular weight excluding hydrogens is 438 g/mol. The second-order valence-corrected chi connectivity index (χ2v) is 6.20. The summed E-state index contributed by atoms with van der Waals surface area (Å²) >= 11 is 0. The van der Waals surface area contributed by atoms with E-state index in [4.69, 9.17) is 10.2 Å². The van der Waals surface area contributed by atoms with E-state index in [2.05, 4.69) is 0 Å². The predicted octanol–water partition coefficient (Wildman–Crippen LogP) is 4.12. The molecule has 12 heteroatoms. The molecular formula is C19H10F6O6. The van der Waals surface area contributed by atoms with Crippen molar-refractivity contribution in [2.24, 2.45) is 0 Å². The number of carboxylic acid groups (broad SMARTS) is 2. The number of carbonyl (C=O) groups excluding carboxylic acids is 2. The van der Waals surface area contributed by atoms with Crippen molar-refractivity contribution in [3.05, 3.63) is 69.8 Å². The van der Waals surface area contributed by atoms with E-state index in [1.807, 2.05) is 0 Å². The van der Waals surface area contributed by atoms with Crippen LogP contribution in [0, 0.1) is 0 Å². The number of halogens is 6. The predicted molar refractivity (Wildman–Crippen MR) is 90.5 cm³/mol. The summed E-state index contributed by atoms with van der Waals surface area (Å²) in [5.41, 5.74) is -11.5. The van der Waals surface area contributed by atoms with Crippen molar-refractivity contribution in [1.29, 1.82) is 0 Å². The van der Waals surface area contributed by atoms with Crippen molar-refractivity contribution in [2.45, 2.75) is 17.8 Å². The third-order valence-electron chi connectivity index (χ3n) is 4.54. The second kappa shape index (κ2) is 7.85. The average molecular weight is 448 g/mol. The van der Waals surface area contributed by atoms with Gasteiger partial charge in [0.15, 0.2) is 12.6 Å². The van der Waals surface area contributed by atoms with Crippen molar-refractivity contribution in [3.63, 3.8) is 0 Å². The third kappa shape index (κ3) is 3.76. The minimum atomic E-state index is -6.12. The van der Waals surface area contributed by atoms with Gasteiger partial charge in [0.2, 0.25) is 5.41 Å². The first-order valence-corrected chi connectivity index (χ1v) is 8.01. The Morgan fingerprint density at radius 1 is 0.677 bits per heavy atom. The summed E-state index contributed by atoms with van der Waals surface area (Å²) < 4.78 is 84.7. The Labute approximate surface area is 168 Å². The molecule has 0 aliphatic rings. The molecule has 0 aliphatic carbocycles. The number of alkyl halides is 6. The molecule has 0 unspecified atom stereocenters. The van der Waals surface area contributed by atoms with E-state index in [9.17, 15) is 45.5 Å². The van der Waals surface area contributed by atoms with Gasteiger partial charge in [-0.1, -0.05) is 18.2 Å². The zero-order valence-electron chi connectivity index (χ0n) is 14.9. The Balaban J connectivity index is 3.06. The first kappa shape index (κ1) is 23.6. The summed E-state index contributed by atoms with van der Waals surface area (Å²) in [6.07, 6.45) is -12.5. The van der Waals surface area contributed by atoms with Crippen LogP contribution >= 0.6 is 0 Å². The summed E-state index contributed by atoms with van der Waals surface area (Å²) in [6, 6.07) is 1.63. The fourth-order valence-electron chi connectivity index (χ4n) is 3.15. The molecule has 2 aromatic carbocycles. The van der Waals surface area contributed by atoms with Crippen molar-refractivity contribution in [3.8, 4) is 0 Å². The minimum Gasteiger partial charge on any atom is -0.478 e. The summed E-state index contributed by atoms with van der Waals surface area (Å²) in [5.74, 6) is -3.71. The van der Waals surface area contributed by atoms with Gasteiger partial charge in [-0.3, -0.25) is 9.59 Å². The molecule has 0 bridgehead atoms. The van der Waals surface area contributed by atoms with Gasteiger partial charge in [-0.05, 0) is 29.3 Å². The van der Waals surface area contributed by atoms with Crippen molar-refractivity contribution >= 4 is 24.5 Å². The number of benzene rings is 2. The maximum Gasteiger partial charge on any atom is 0.411 e. The van der Waals surface area contributed by atoms with Crippen LogP contribution in [-0.4, -0.2) is 47.1 Å². The third-order valence-corrected chi connectivity index (χ3v) is 4.54. The molecule has 2 N–H and O–H groups in total. The van der Waals surface area contributed by atoms with Gasteiger partial charge >= 0.3 is 24.3 Å². The van der Waals surface area contributed by atoms with Crippen LogP contribution in [-0.2, 0) is 5.41 Å². The van der Waals surface area contributed by atoms with Gasteiger partial charge < -0.3 is 10.2 Å². The molecule has 0 aliphatic heterocycles. The van der Waals surface area contributed by atoms with Crippen molar-refractivity contribution in [1.82, 2.24) is 0 Å². The van der Waals surface area contributed by atoms with E-state index in [0.717, 1.165) is 0 Å². The van der Waals surface area contributed by atoms with Crippen molar-refractivity contribution < 1.29 is 55.7 Å². The molecule has 2 aromatic rings. The van der Waals surface area contributed by atoms with Crippen molar-refractivity contribution in [2.75, 3.05) is 0 Å². The lowest BCUT2D eigenvalue weighted by atomic mass is 9.71. The maximum absolute atomic E-state index is 14.1. The molecule has 0 saturated carbocycles. The molecule has 31 heavy (non-hydrogen) atoms. The second-order valence-electron chi connectivity index (χ2n) is 6.20. The van der Waals surface area contributed by atoms with Gasteiger partial charge in [-0.2, -0.15) is 26.3 Å². The fourth-order valence-corrected chi connectivity index (χ4v) is 3.15. The number of rotatable bonds is 6. The SMILES string of the molecule is O=Cc1cc(C(c2ccc(C=O)c(C(=O)O)c2)(C(F)(F)F)C(F)(F)F)ccc1C(=O)O. The molecule has 0 atom stereocenters. The highest BCUT2D eigenvalue weighted by Crippen LogP contribution is 2.56. The van der Waals surface area contributed by atoms with Crippen LogP contribution in [0.2, 0.25) is 0 Å². The van der Waals surface area contributed by atoms with Gasteiger partial charge in [0.25, 0.3) is 0 Å². The van der Waals surface area contributed by atoms with E-state index in [1.165, 1.54) is 0 Å². The van der Waals surface area contributed by atoms with E-state index >= 15 is 0 Å². The lowest BCUT2D eigenvalue weighted by Gasteiger charge is -2.38. The molecule has 0 amide bonds. The standard InChI is InChI=1S/C19H10F6O6/c20-18(21,22)17(19(23,24)25,11-3-4-13(15(28)29)10(5-11)8-27)12-2-1-9(7-26)14(6-12)16(30)31/h1-8H,(H,28,29)(H,30,31). The molecule has 164 valence electrons. The Bertz CT molecular complexity index is 1060. The van der Waals surface area contributed by atoms with E-state index in [0.29, 0.717) is 18.2 Å². The Kier molecular flexibility index (Phi) is 5.97. The van der Waals surface area contributed by atoms with Crippen LogP contribution in [0.3, 0.4) is 0 Å². The van der Waals surface area contributed by atoms with E-state index in [1.54, 1.807) is 0 Å². The Morgan fingerprint density at radius 2 is 1.13 bits per heavy atom. The fraction of sp³-hybridized carbons (Fsp3) is 0.158. The first-order chi connectivity index (χ1) is 14.2. The highest BCUT2D eigenvalue weighted by Gasteiger charge is 2.72. The Hall–Kier alpha value is -3.70. The minimum absolute atomic E-state index is 0.0533. The van der Waals surface area contributed by atoms with Gasteiger partial charge in [0.1, 0.15) is 0 Å². The van der Waals surface area contributed by atoms with Gasteiger partial charge in [-0.15, -0.1) is 0 Å². The van der Waals surface area contributed by atoms with Crippen LogP contribution in [0.25, 0.3) is 0 Å². The molecule has 2 rings (SSSR count). The molecule has 0 heterocycles. The Morgan fingerprint density at radius 3 is 1.55 bits per heavy atom. The molecule has 0 saturated heterocycles. The zero-order chi connectivity index (χ0) is 23.8. The quantitative estimate of drug-likeness (QED) is 0.509. The largest absolute Gasteiger partial charge is 0.478 e. The van der Waals surface area contributed by atoms with E-state index in [-0.39, 0.29) is 30.8 Å². The smallest absolute Gasteiger partial charge is 0.411 e. The summed E-state index contributed by atoms with van der Waals surface area (Å²) in [4.78, 5) is 44.4. The number of carboxylic acids is 2. The number of aromatic carboxylic acids is 2. The maximum atomic E-state index is 14.1. The molecule has 0 radical (unpaired) electrons. The van der Waals surface area contributed by atoms with Crippen LogP contribution in [0.15, 0.2) is 36.4 Å². The number of aldehydes is 2. The number of hydrogen-bond acceptors (Lipinski definition) is 4. The highest BCUT2D eigenvalue weighted by atomic mass is 19.4. The van der Waals surface area contributed by atoms with Gasteiger partial charge in [0, 0.05) is 11.1 Å². The topological polar surface area (TPSA) is 109 Å². The summed E-state index contributed by atoms with van der Waals surface area (Å²) in [5, 5.41) is 18.1. The lowest BCUT2D eigenvalue weighted by Crippen LogP contribution is -2.55. The highest BCUT2D eigenvalue weighted by molar-refractivity contribution is 5.98. The molecule has 0 spiro atoms. The summed E-state index contributed by atoms with van der Waals surface area (Å²) in [6.45, 7) is 0. The average Bonchev–Trinajstić information content (AvgIpc) is 2.65. The number of carbonyl (C=O) groups is 4. The molecule has 0 aromatic heterocycles. The zero-order valence-corrected chi connectivity index (χ0v) is 14.9. The normalized spacial score (nSPS) is 12.3. The lowest BCUT2D eigenvalue weighted by molar-refractivity contribution is -0.288. The van der Waals surface area contributed by atoms with Crippen LogP contribution in [0.4, 0.5) is 26.3 Å².